The van der Waals surface area contributed by atoms with E-state index in [0.29, 0.717) is 10.8 Å². The lowest BCUT2D eigenvalue weighted by atomic mass is 10.4. The van der Waals surface area contributed by atoms with Gasteiger partial charge in [0.1, 0.15) is 5.03 Å². The second-order valence-electron chi connectivity index (χ2n) is 3.13. The Morgan fingerprint density at radius 1 is 1.19 bits per heavy atom. The summed E-state index contributed by atoms with van der Waals surface area (Å²) in [7, 11) is -1.14. The third-order valence-corrected chi connectivity index (χ3v) is 3.67. The molecule has 2 heterocycles. The maximum absolute atomic E-state index is 11.9. The fraction of sp³-hybridized carbons (Fsp3) is 0.0909. The van der Waals surface area contributed by atoms with Crippen molar-refractivity contribution in [1.29, 1.82) is 0 Å². The number of aromatic nitrogens is 2. The van der Waals surface area contributed by atoms with Crippen LogP contribution in [0.15, 0.2) is 52.2 Å². The fourth-order valence-corrected chi connectivity index (χ4v) is 2.40. The number of hydrogen-bond acceptors (Lipinski definition) is 3. The van der Waals surface area contributed by atoms with Crippen molar-refractivity contribution in [2.45, 2.75) is 10.8 Å². The van der Waals surface area contributed by atoms with Crippen molar-refractivity contribution in [2.24, 2.45) is 0 Å². The van der Waals surface area contributed by atoms with Gasteiger partial charge in [0.25, 0.3) is 0 Å². The van der Waals surface area contributed by atoms with Crippen molar-refractivity contribution in [2.75, 3.05) is 0 Å². The minimum Gasteiger partial charge on any atom is -0.260 e. The lowest BCUT2D eigenvalue weighted by Crippen LogP contribution is -2.00. The Kier molecular flexibility index (Phi) is 3.79. The summed E-state index contributed by atoms with van der Waals surface area (Å²) in [5, 5.41) is 0.578. The van der Waals surface area contributed by atoms with Gasteiger partial charge in [-0.3, -0.25) is 9.19 Å². The van der Waals surface area contributed by atoms with Crippen LogP contribution in [0.1, 0.15) is 5.69 Å². The molecule has 1 atom stereocenters. The van der Waals surface area contributed by atoms with Crippen molar-refractivity contribution in [3.63, 3.8) is 0 Å². The van der Waals surface area contributed by atoms with E-state index >= 15 is 0 Å². The molecule has 0 aliphatic heterocycles. The van der Waals surface area contributed by atoms with Gasteiger partial charge in [0.2, 0.25) is 0 Å². The van der Waals surface area contributed by atoms with Gasteiger partial charge in [-0.05, 0) is 40.2 Å². The number of hydrogen-bond donors (Lipinski definition) is 0. The van der Waals surface area contributed by atoms with E-state index in [1.165, 1.54) is 0 Å². The molecule has 0 radical (unpaired) electrons. The molecule has 82 valence electrons. The van der Waals surface area contributed by atoms with Crippen LogP contribution in [0.5, 0.6) is 0 Å². The summed E-state index contributed by atoms with van der Waals surface area (Å²) in [6.07, 6.45) is 3.34. The number of halogens is 1. The molecule has 0 saturated heterocycles. The molecular formula is C11H9BrN2OS. The van der Waals surface area contributed by atoms with Crippen LogP contribution in [0.2, 0.25) is 0 Å². The highest BCUT2D eigenvalue weighted by molar-refractivity contribution is 9.10. The van der Waals surface area contributed by atoms with Crippen molar-refractivity contribution < 1.29 is 4.21 Å². The quantitative estimate of drug-likeness (QED) is 0.874. The van der Waals surface area contributed by atoms with Crippen LogP contribution in [-0.4, -0.2) is 14.2 Å². The van der Waals surface area contributed by atoms with E-state index in [9.17, 15) is 4.21 Å². The third-order valence-electron chi connectivity index (χ3n) is 1.94. The van der Waals surface area contributed by atoms with Gasteiger partial charge in [-0.2, -0.15) is 0 Å². The summed E-state index contributed by atoms with van der Waals surface area (Å²) in [6.45, 7) is 0. The summed E-state index contributed by atoms with van der Waals surface area (Å²) in [6, 6.07) is 9.16. The SMILES string of the molecule is O=S(Cc1ccccn1)c1ccc(Br)cn1. The van der Waals surface area contributed by atoms with Crippen LogP contribution in [0.4, 0.5) is 0 Å². The van der Waals surface area contributed by atoms with Crippen LogP contribution in [0.25, 0.3) is 0 Å². The standard InChI is InChI=1S/C11H9BrN2OS/c12-9-4-5-11(14-7-9)16(15)8-10-3-1-2-6-13-10/h1-7H,8H2. The molecule has 5 heteroatoms. The molecule has 0 aliphatic rings. The monoisotopic (exact) mass is 296 g/mol. The summed E-state index contributed by atoms with van der Waals surface area (Å²) < 4.78 is 12.8. The third kappa shape index (κ3) is 2.96. The lowest BCUT2D eigenvalue weighted by Gasteiger charge is -2.00. The smallest absolute Gasteiger partial charge is 0.127 e. The molecule has 1 unspecified atom stereocenters. The second kappa shape index (κ2) is 5.32. The van der Waals surface area contributed by atoms with E-state index in [0.717, 1.165) is 10.2 Å². The topological polar surface area (TPSA) is 42.9 Å². The van der Waals surface area contributed by atoms with Crippen molar-refractivity contribution in [3.05, 3.63) is 52.9 Å². The van der Waals surface area contributed by atoms with Gasteiger partial charge in [-0.25, -0.2) is 4.98 Å². The van der Waals surface area contributed by atoms with Crippen LogP contribution >= 0.6 is 15.9 Å². The maximum atomic E-state index is 11.9. The minimum absolute atomic E-state index is 0.398. The Morgan fingerprint density at radius 3 is 2.69 bits per heavy atom. The van der Waals surface area contributed by atoms with E-state index in [4.69, 9.17) is 0 Å². The van der Waals surface area contributed by atoms with Gasteiger partial charge >= 0.3 is 0 Å². The molecule has 2 rings (SSSR count). The Labute approximate surface area is 105 Å². The summed E-state index contributed by atoms with van der Waals surface area (Å²) in [5.74, 6) is 0.398. The summed E-state index contributed by atoms with van der Waals surface area (Å²) >= 11 is 3.29. The molecule has 3 nitrogen and oxygen atoms in total. The van der Waals surface area contributed by atoms with E-state index in [2.05, 4.69) is 25.9 Å². The lowest BCUT2D eigenvalue weighted by molar-refractivity contribution is 0.679. The van der Waals surface area contributed by atoms with Gasteiger partial charge < -0.3 is 0 Å². The van der Waals surface area contributed by atoms with Crippen molar-refractivity contribution in [3.8, 4) is 0 Å². The molecule has 16 heavy (non-hydrogen) atoms. The summed E-state index contributed by atoms with van der Waals surface area (Å²) in [5.41, 5.74) is 0.811. The first kappa shape index (κ1) is 11.4. The van der Waals surface area contributed by atoms with Gasteiger partial charge in [0.15, 0.2) is 0 Å². The highest BCUT2D eigenvalue weighted by atomic mass is 79.9. The average molecular weight is 297 g/mol. The first-order valence-electron chi connectivity index (χ1n) is 4.65. The first-order chi connectivity index (χ1) is 7.75. The predicted octanol–water partition coefficient (Wildman–Crippen LogP) is 2.55. The Balaban J connectivity index is 2.12. The minimum atomic E-state index is -1.14. The van der Waals surface area contributed by atoms with E-state index in [-0.39, 0.29) is 0 Å². The molecule has 0 aromatic carbocycles. The van der Waals surface area contributed by atoms with Crippen molar-refractivity contribution >= 4 is 26.7 Å². The molecule has 2 aromatic rings. The fourth-order valence-electron chi connectivity index (χ4n) is 1.19. The highest BCUT2D eigenvalue weighted by Crippen LogP contribution is 2.12. The molecule has 2 aromatic heterocycles. The zero-order valence-corrected chi connectivity index (χ0v) is 10.7. The molecule has 0 spiro atoms. The molecule has 0 bridgehead atoms. The molecule has 0 amide bonds. The second-order valence-corrected chi connectivity index (χ2v) is 5.44. The molecule has 0 aliphatic carbocycles. The van der Waals surface area contributed by atoms with E-state index in [1.807, 2.05) is 24.3 Å². The first-order valence-corrected chi connectivity index (χ1v) is 6.77. The normalized spacial score (nSPS) is 12.3. The maximum Gasteiger partial charge on any atom is 0.127 e. The average Bonchev–Trinajstić information content (AvgIpc) is 2.31. The zero-order valence-electron chi connectivity index (χ0n) is 8.34. The van der Waals surface area contributed by atoms with Gasteiger partial charge in [0.05, 0.1) is 22.2 Å². The Morgan fingerprint density at radius 2 is 2.06 bits per heavy atom. The van der Waals surface area contributed by atoms with Crippen LogP contribution in [0.3, 0.4) is 0 Å². The van der Waals surface area contributed by atoms with Crippen LogP contribution in [0, 0.1) is 0 Å². The predicted molar refractivity (Wildman–Crippen MR) is 66.3 cm³/mol. The van der Waals surface area contributed by atoms with E-state index < -0.39 is 10.8 Å². The number of pyridine rings is 2. The zero-order chi connectivity index (χ0) is 11.4. The number of rotatable bonds is 3. The van der Waals surface area contributed by atoms with Crippen molar-refractivity contribution in [1.82, 2.24) is 9.97 Å². The summed E-state index contributed by atoms with van der Waals surface area (Å²) in [4.78, 5) is 8.23. The van der Waals surface area contributed by atoms with Gasteiger partial charge in [0, 0.05) is 16.9 Å². The molecule has 0 N–H and O–H groups in total. The van der Waals surface area contributed by atoms with Gasteiger partial charge in [-0.15, -0.1) is 0 Å². The van der Waals surface area contributed by atoms with E-state index in [1.54, 1.807) is 18.5 Å². The molecular weight excluding hydrogens is 288 g/mol. The van der Waals surface area contributed by atoms with Gasteiger partial charge in [-0.1, -0.05) is 6.07 Å². The van der Waals surface area contributed by atoms with Crippen LogP contribution in [-0.2, 0) is 16.6 Å². The Hall–Kier alpha value is -1.07. The molecule has 0 saturated carbocycles. The molecule has 0 fully saturated rings. The highest BCUT2D eigenvalue weighted by Gasteiger charge is 2.06. The largest absolute Gasteiger partial charge is 0.260 e. The number of nitrogens with zero attached hydrogens (tertiary/aromatic N) is 2. The van der Waals surface area contributed by atoms with Crippen LogP contribution < -0.4 is 0 Å². The Bertz CT molecular complexity index is 487.